The highest BCUT2D eigenvalue weighted by Gasteiger charge is 1.66. The molecule has 2 nitrogen and oxygen atoms in total. The first-order valence-electron chi connectivity index (χ1n) is 4.72. The zero-order chi connectivity index (χ0) is 10.8. The predicted octanol–water partition coefficient (Wildman–Crippen LogP) is 4.63. The lowest BCUT2D eigenvalue weighted by molar-refractivity contribution is 0.199. The van der Waals surface area contributed by atoms with E-state index in [4.69, 9.17) is 4.74 Å². The molecule has 0 aromatic rings. The van der Waals surface area contributed by atoms with Crippen molar-refractivity contribution in [2.75, 3.05) is 27.9 Å². The molecule has 0 fully saturated rings. The Morgan fingerprint density at radius 2 is 1.00 bits per heavy atom. The first-order chi connectivity index (χ1) is 5.83. The van der Waals surface area contributed by atoms with E-state index in [-0.39, 0.29) is 14.9 Å². The summed E-state index contributed by atoms with van der Waals surface area (Å²) in [6.45, 7) is 11.0. The second-order valence-corrected chi connectivity index (χ2v) is 1.40. The number of hydrogen-bond donors (Lipinski definition) is 0. The van der Waals surface area contributed by atoms with E-state index < -0.39 is 0 Å². The summed E-state index contributed by atoms with van der Waals surface area (Å²) in [4.78, 5) is 0. The first-order valence-corrected chi connectivity index (χ1v) is 4.72. The summed E-state index contributed by atoms with van der Waals surface area (Å²) in [7, 11) is 4.96. The molecule has 0 aliphatic carbocycles. The van der Waals surface area contributed by atoms with Gasteiger partial charge >= 0.3 is 0 Å². The van der Waals surface area contributed by atoms with E-state index in [1.807, 2.05) is 27.7 Å². The van der Waals surface area contributed by atoms with Gasteiger partial charge in [0.1, 0.15) is 0 Å². The van der Waals surface area contributed by atoms with Gasteiger partial charge in [-0.2, -0.15) is 0 Å². The van der Waals surface area contributed by atoms with Crippen LogP contribution in [0.2, 0.25) is 0 Å². The van der Waals surface area contributed by atoms with E-state index in [0.29, 0.717) is 0 Å². The maximum absolute atomic E-state index is 4.69. The van der Waals surface area contributed by atoms with Crippen LogP contribution in [-0.2, 0) is 9.47 Å². The van der Waals surface area contributed by atoms with Crippen molar-refractivity contribution < 1.29 is 9.47 Å². The van der Waals surface area contributed by atoms with Crippen LogP contribution >= 0.6 is 0 Å². The molecule has 2 heteroatoms. The molecular weight excluding hydrogens is 176 g/mol. The van der Waals surface area contributed by atoms with Crippen LogP contribution in [0.25, 0.3) is 0 Å². The van der Waals surface area contributed by atoms with E-state index >= 15 is 0 Å². The molecule has 0 atom stereocenters. The number of methoxy groups -OCH3 is 2. The van der Waals surface area contributed by atoms with Crippen LogP contribution in [0.15, 0.2) is 0 Å². The third-order valence-electron chi connectivity index (χ3n) is 0.408. The summed E-state index contributed by atoms with van der Waals surface area (Å²) in [5.74, 6) is 0. The van der Waals surface area contributed by atoms with Crippen molar-refractivity contribution in [2.45, 2.75) is 55.9 Å². The fraction of sp³-hybridized carbons (Fsp3) is 1.00. The zero-order valence-corrected chi connectivity index (χ0v) is 10.2. The van der Waals surface area contributed by atoms with Gasteiger partial charge in [-0.1, -0.05) is 49.5 Å². The van der Waals surface area contributed by atoms with Gasteiger partial charge in [-0.3, -0.25) is 0 Å². The van der Waals surface area contributed by atoms with Crippen LogP contribution in [0.5, 0.6) is 0 Å². The van der Waals surface area contributed by atoms with Gasteiger partial charge in [0.05, 0.1) is 0 Å². The molecule has 96 valence electrons. The molecule has 0 heterocycles. The molecule has 0 aromatic carbocycles. The second kappa shape index (κ2) is 119. The predicted molar refractivity (Wildman–Crippen MR) is 71.3 cm³/mol. The molecule has 0 rings (SSSR count). The maximum Gasteiger partial charge on any atom is 0.0459 e. The minimum absolute atomic E-state index is 0. The maximum atomic E-state index is 4.69. The molecule has 14 heavy (non-hydrogen) atoms. The van der Waals surface area contributed by atoms with E-state index in [0.717, 1.165) is 13.0 Å². The first kappa shape index (κ1) is 37.0. The lowest BCUT2D eigenvalue weighted by atomic mass is 10.5. The second-order valence-electron chi connectivity index (χ2n) is 1.40. The molecule has 0 N–H and O–H groups in total. The Labute approximate surface area is 94.0 Å². The standard InChI is InChI=1S/C4H10O.C2H6O.2C2H6.2CH4/c1-3-4-5-2;1-3-2;2*1-2;;/h3-4H2,1-2H3;1-2H3;2*1-2H3;2*1H4. The van der Waals surface area contributed by atoms with Crippen molar-refractivity contribution in [3.8, 4) is 0 Å². The van der Waals surface area contributed by atoms with Crippen molar-refractivity contribution in [3.63, 3.8) is 0 Å². The van der Waals surface area contributed by atoms with Crippen LogP contribution in [0.3, 0.4) is 0 Å². The van der Waals surface area contributed by atoms with E-state index in [1.54, 1.807) is 21.3 Å². The Hall–Kier alpha value is -0.0800. The summed E-state index contributed by atoms with van der Waals surface area (Å²) in [6, 6.07) is 0. The SMILES string of the molecule is C.C.CC.CC.CCCOC.COC. The Morgan fingerprint density at radius 3 is 1.00 bits per heavy atom. The molecule has 0 amide bonds. The van der Waals surface area contributed by atoms with Gasteiger partial charge in [0.25, 0.3) is 0 Å². The van der Waals surface area contributed by atoms with Crippen molar-refractivity contribution in [3.05, 3.63) is 0 Å². The van der Waals surface area contributed by atoms with Crippen molar-refractivity contribution in [1.82, 2.24) is 0 Å². The summed E-state index contributed by atoms with van der Waals surface area (Å²) in [6.07, 6.45) is 1.12. The highest BCUT2D eigenvalue weighted by Crippen LogP contribution is 1.70. The van der Waals surface area contributed by atoms with Crippen LogP contribution < -0.4 is 0 Å². The molecule has 0 spiro atoms. The average molecular weight is 212 g/mol. The third-order valence-corrected chi connectivity index (χ3v) is 0.408. The average Bonchev–Trinajstić information content (AvgIpc) is 2.14. The summed E-state index contributed by atoms with van der Waals surface area (Å²) >= 11 is 0. The largest absolute Gasteiger partial charge is 0.388 e. The Morgan fingerprint density at radius 1 is 0.786 bits per heavy atom. The van der Waals surface area contributed by atoms with Gasteiger partial charge < -0.3 is 9.47 Å². The minimum Gasteiger partial charge on any atom is -0.388 e. The van der Waals surface area contributed by atoms with Gasteiger partial charge in [-0.15, -0.1) is 0 Å². The summed E-state index contributed by atoms with van der Waals surface area (Å²) in [5, 5.41) is 0. The number of hydrogen-bond acceptors (Lipinski definition) is 2. The van der Waals surface area contributed by atoms with Crippen molar-refractivity contribution >= 4 is 0 Å². The highest BCUT2D eigenvalue weighted by molar-refractivity contribution is 4.15. The molecule has 0 aliphatic rings. The van der Waals surface area contributed by atoms with E-state index in [2.05, 4.69) is 11.7 Å². The van der Waals surface area contributed by atoms with Crippen molar-refractivity contribution in [1.29, 1.82) is 0 Å². The lowest BCUT2D eigenvalue weighted by Gasteiger charge is -1.84. The van der Waals surface area contributed by atoms with Crippen LogP contribution in [-0.4, -0.2) is 27.9 Å². The fourth-order valence-electron chi connectivity index (χ4n) is 0.204. The van der Waals surface area contributed by atoms with Gasteiger partial charge in [0.2, 0.25) is 0 Å². The molecule has 0 bridgehead atoms. The van der Waals surface area contributed by atoms with E-state index in [1.165, 1.54) is 0 Å². The molecule has 0 aliphatic heterocycles. The fourth-order valence-corrected chi connectivity index (χ4v) is 0.204. The smallest absolute Gasteiger partial charge is 0.0459 e. The molecule has 0 aromatic heterocycles. The van der Waals surface area contributed by atoms with Crippen LogP contribution in [0.1, 0.15) is 55.9 Å². The van der Waals surface area contributed by atoms with Crippen LogP contribution in [0.4, 0.5) is 0 Å². The Kier molecular flexibility index (Phi) is 316. The van der Waals surface area contributed by atoms with Gasteiger partial charge in [0.15, 0.2) is 0 Å². The third kappa shape index (κ3) is 386. The van der Waals surface area contributed by atoms with Gasteiger partial charge in [-0.25, -0.2) is 0 Å². The monoisotopic (exact) mass is 212 g/mol. The number of rotatable bonds is 2. The molecule has 0 radical (unpaired) electrons. The molecular formula is C12H36O2. The lowest BCUT2D eigenvalue weighted by Crippen LogP contribution is -1.80. The van der Waals surface area contributed by atoms with Crippen molar-refractivity contribution in [2.24, 2.45) is 0 Å². The quantitative estimate of drug-likeness (QED) is 0.664. The Bertz CT molecular complexity index is 22.3. The van der Waals surface area contributed by atoms with Gasteiger partial charge in [-0.05, 0) is 6.42 Å². The number of ether oxygens (including phenoxy) is 2. The molecule has 0 saturated carbocycles. The molecule has 0 saturated heterocycles. The topological polar surface area (TPSA) is 18.5 Å². The summed E-state index contributed by atoms with van der Waals surface area (Å²) in [5.41, 5.74) is 0. The molecule has 0 unspecified atom stereocenters. The van der Waals surface area contributed by atoms with Gasteiger partial charge in [0, 0.05) is 27.9 Å². The Balaban J connectivity index is -0.0000000159. The minimum atomic E-state index is 0. The highest BCUT2D eigenvalue weighted by atomic mass is 16.5. The van der Waals surface area contributed by atoms with Crippen LogP contribution in [0, 0.1) is 0 Å². The van der Waals surface area contributed by atoms with E-state index in [9.17, 15) is 0 Å². The summed E-state index contributed by atoms with van der Waals surface area (Å²) < 4.78 is 8.94. The zero-order valence-electron chi connectivity index (χ0n) is 10.2. The normalized spacial score (nSPS) is 5.14.